The summed E-state index contributed by atoms with van der Waals surface area (Å²) in [6.07, 6.45) is 3.47. The molecule has 0 saturated heterocycles. The van der Waals surface area contributed by atoms with E-state index >= 15 is 0 Å². The summed E-state index contributed by atoms with van der Waals surface area (Å²) in [6.45, 7) is 1.69. The number of nitrogens with zero attached hydrogens (tertiary/aromatic N) is 4. The Morgan fingerprint density at radius 3 is 2.67 bits per heavy atom. The smallest absolute Gasteiger partial charge is 0.191 e. The molecular formula is C18H18Cl2N4O2S. The second-order valence-electron chi connectivity index (χ2n) is 5.46. The zero-order valence-corrected chi connectivity index (χ0v) is 17.0. The first kappa shape index (κ1) is 19.9. The van der Waals surface area contributed by atoms with Crippen LogP contribution < -0.4 is 4.74 Å². The largest absolute Gasteiger partial charge is 0.491 e. The molecule has 0 aliphatic heterocycles. The highest BCUT2D eigenvalue weighted by molar-refractivity contribution is 7.99. The van der Waals surface area contributed by atoms with Crippen molar-refractivity contribution in [3.05, 3.63) is 52.8 Å². The molecule has 142 valence electrons. The van der Waals surface area contributed by atoms with E-state index in [1.165, 1.54) is 0 Å². The zero-order valence-electron chi connectivity index (χ0n) is 14.6. The predicted octanol–water partition coefficient (Wildman–Crippen LogP) is 4.46. The number of methoxy groups -OCH3 is 1. The van der Waals surface area contributed by atoms with Crippen LogP contribution in [0.15, 0.2) is 47.9 Å². The van der Waals surface area contributed by atoms with E-state index in [2.05, 4.69) is 15.2 Å². The fourth-order valence-electron chi connectivity index (χ4n) is 2.37. The van der Waals surface area contributed by atoms with Crippen molar-refractivity contribution in [2.24, 2.45) is 0 Å². The average molecular weight is 425 g/mol. The Morgan fingerprint density at radius 2 is 1.89 bits per heavy atom. The highest BCUT2D eigenvalue weighted by atomic mass is 35.5. The average Bonchev–Trinajstić information content (AvgIpc) is 3.09. The van der Waals surface area contributed by atoms with Crippen LogP contribution in [0.2, 0.25) is 10.0 Å². The lowest BCUT2D eigenvalue weighted by Gasteiger charge is -2.10. The summed E-state index contributed by atoms with van der Waals surface area (Å²) in [7, 11) is 1.67. The molecule has 0 spiro atoms. The quantitative estimate of drug-likeness (QED) is 0.373. The van der Waals surface area contributed by atoms with Crippen LogP contribution in [0.4, 0.5) is 0 Å². The number of hydrogen-bond donors (Lipinski definition) is 0. The van der Waals surface area contributed by atoms with E-state index in [1.807, 2.05) is 16.7 Å². The monoisotopic (exact) mass is 424 g/mol. The maximum atomic E-state index is 6.11. The van der Waals surface area contributed by atoms with Gasteiger partial charge in [0.05, 0.1) is 24.8 Å². The molecule has 0 fully saturated rings. The number of aromatic nitrogens is 4. The second kappa shape index (κ2) is 9.94. The van der Waals surface area contributed by atoms with Gasteiger partial charge in [0.2, 0.25) is 0 Å². The van der Waals surface area contributed by atoms with Crippen molar-refractivity contribution in [2.45, 2.75) is 11.7 Å². The Kier molecular flexibility index (Phi) is 7.34. The van der Waals surface area contributed by atoms with Gasteiger partial charge in [0.1, 0.15) is 5.75 Å². The molecular weight excluding hydrogens is 407 g/mol. The van der Waals surface area contributed by atoms with Gasteiger partial charge in [0.25, 0.3) is 0 Å². The maximum absolute atomic E-state index is 6.11. The van der Waals surface area contributed by atoms with Crippen LogP contribution in [0, 0.1) is 0 Å². The summed E-state index contributed by atoms with van der Waals surface area (Å²) in [5, 5.41) is 10.6. The summed E-state index contributed by atoms with van der Waals surface area (Å²) in [6, 6.07) is 8.97. The van der Waals surface area contributed by atoms with Gasteiger partial charge in [-0.1, -0.05) is 35.0 Å². The van der Waals surface area contributed by atoms with E-state index in [1.54, 1.807) is 49.5 Å². The van der Waals surface area contributed by atoms with Crippen LogP contribution in [0.25, 0.3) is 11.4 Å². The Hall–Kier alpha value is -1.80. The summed E-state index contributed by atoms with van der Waals surface area (Å²) >= 11 is 13.6. The highest BCUT2D eigenvalue weighted by Gasteiger charge is 2.14. The fraction of sp³-hybridized carbons (Fsp3) is 0.278. The molecule has 0 bridgehead atoms. The van der Waals surface area contributed by atoms with Gasteiger partial charge < -0.3 is 9.47 Å². The third kappa shape index (κ3) is 5.35. The molecule has 0 amide bonds. The van der Waals surface area contributed by atoms with Crippen LogP contribution in [0.3, 0.4) is 0 Å². The first-order valence-corrected chi connectivity index (χ1v) is 9.96. The minimum atomic E-state index is 0.465. The van der Waals surface area contributed by atoms with Crippen molar-refractivity contribution >= 4 is 35.0 Å². The van der Waals surface area contributed by atoms with Crippen LogP contribution in [0.1, 0.15) is 0 Å². The molecule has 0 N–H and O–H groups in total. The van der Waals surface area contributed by atoms with Crippen molar-refractivity contribution in [1.82, 2.24) is 19.7 Å². The first-order valence-electron chi connectivity index (χ1n) is 8.22. The van der Waals surface area contributed by atoms with E-state index in [4.69, 9.17) is 32.7 Å². The summed E-state index contributed by atoms with van der Waals surface area (Å²) in [4.78, 5) is 4.05. The van der Waals surface area contributed by atoms with E-state index in [9.17, 15) is 0 Å². The van der Waals surface area contributed by atoms with Gasteiger partial charge in [0.15, 0.2) is 11.0 Å². The third-order valence-electron chi connectivity index (χ3n) is 3.64. The molecule has 9 heteroatoms. The molecule has 2 aromatic heterocycles. The molecule has 0 unspecified atom stereocenters. The van der Waals surface area contributed by atoms with E-state index in [-0.39, 0.29) is 0 Å². The number of rotatable bonds is 9. The van der Waals surface area contributed by atoms with E-state index < -0.39 is 0 Å². The van der Waals surface area contributed by atoms with Crippen LogP contribution >= 0.6 is 35.0 Å². The van der Waals surface area contributed by atoms with Crippen LogP contribution in [-0.4, -0.2) is 45.8 Å². The van der Waals surface area contributed by atoms with Gasteiger partial charge in [0, 0.05) is 41.9 Å². The molecule has 27 heavy (non-hydrogen) atoms. The molecule has 0 saturated carbocycles. The minimum absolute atomic E-state index is 0.465. The van der Waals surface area contributed by atoms with Gasteiger partial charge >= 0.3 is 0 Å². The number of benzene rings is 1. The lowest BCUT2D eigenvalue weighted by molar-refractivity contribution is 0.185. The molecule has 1 aromatic carbocycles. The Balaban J connectivity index is 1.65. The lowest BCUT2D eigenvalue weighted by atomic mass is 10.2. The molecule has 6 nitrogen and oxygen atoms in total. The van der Waals surface area contributed by atoms with Crippen molar-refractivity contribution in [3.63, 3.8) is 0 Å². The second-order valence-corrected chi connectivity index (χ2v) is 7.36. The van der Waals surface area contributed by atoms with Gasteiger partial charge in [-0.3, -0.25) is 9.55 Å². The van der Waals surface area contributed by atoms with Crippen molar-refractivity contribution in [2.75, 3.05) is 26.1 Å². The molecule has 0 aliphatic rings. The third-order valence-corrected chi connectivity index (χ3v) is 5.12. The number of ether oxygens (including phenoxy) is 2. The Bertz CT molecular complexity index is 877. The van der Waals surface area contributed by atoms with Gasteiger partial charge in [-0.2, -0.15) is 0 Å². The maximum Gasteiger partial charge on any atom is 0.191 e. The lowest BCUT2D eigenvalue weighted by Crippen LogP contribution is -2.08. The molecule has 0 aliphatic carbocycles. The molecule has 2 heterocycles. The SMILES string of the molecule is COCCn1c(SCCOc2cc(Cl)ccc2Cl)nnc1-c1ccncc1. The highest BCUT2D eigenvalue weighted by Crippen LogP contribution is 2.28. The molecule has 3 rings (SSSR count). The van der Waals surface area contributed by atoms with E-state index in [0.29, 0.717) is 41.3 Å². The summed E-state index contributed by atoms with van der Waals surface area (Å²) < 4.78 is 13.0. The van der Waals surface area contributed by atoms with E-state index in [0.717, 1.165) is 16.5 Å². The number of thioether (sulfide) groups is 1. The van der Waals surface area contributed by atoms with Gasteiger partial charge in [-0.25, -0.2) is 0 Å². The number of halogens is 2. The summed E-state index contributed by atoms with van der Waals surface area (Å²) in [5.74, 6) is 2.04. The molecule has 0 atom stereocenters. The Morgan fingerprint density at radius 1 is 1.07 bits per heavy atom. The van der Waals surface area contributed by atoms with Crippen molar-refractivity contribution in [3.8, 4) is 17.1 Å². The molecule has 3 aromatic rings. The standard InChI is InChI=1S/C18H18Cl2N4O2S/c1-25-9-8-24-17(13-4-6-21-7-5-13)22-23-18(24)27-11-10-26-16-12-14(19)2-3-15(16)20/h2-7,12H,8-11H2,1H3. The van der Waals surface area contributed by atoms with Gasteiger partial charge in [-0.15, -0.1) is 10.2 Å². The fourth-order valence-corrected chi connectivity index (χ4v) is 3.48. The topological polar surface area (TPSA) is 62.1 Å². The zero-order chi connectivity index (χ0) is 19.1. The van der Waals surface area contributed by atoms with Crippen molar-refractivity contribution in [1.29, 1.82) is 0 Å². The predicted molar refractivity (Wildman–Crippen MR) is 108 cm³/mol. The summed E-state index contributed by atoms with van der Waals surface area (Å²) in [5.41, 5.74) is 0.961. The minimum Gasteiger partial charge on any atom is -0.491 e. The molecule has 0 radical (unpaired) electrons. The van der Waals surface area contributed by atoms with Crippen LogP contribution in [0.5, 0.6) is 5.75 Å². The van der Waals surface area contributed by atoms with Crippen LogP contribution in [-0.2, 0) is 11.3 Å². The van der Waals surface area contributed by atoms with Gasteiger partial charge in [-0.05, 0) is 24.3 Å². The van der Waals surface area contributed by atoms with Crippen molar-refractivity contribution < 1.29 is 9.47 Å². The first-order chi connectivity index (χ1) is 13.2. The number of hydrogen-bond acceptors (Lipinski definition) is 6. The normalized spacial score (nSPS) is 10.9. The number of pyridine rings is 1. The Labute approximate surface area is 171 Å².